The molecule has 0 bridgehead atoms. The molecule has 1 aromatic carbocycles. The zero-order chi connectivity index (χ0) is 20.9. The highest BCUT2D eigenvalue weighted by atomic mass is 32.1. The molecule has 0 atom stereocenters. The molecule has 8 nitrogen and oxygen atoms in total. The number of carbonyl (C=O) groups excluding carboxylic acids is 3. The van der Waals surface area contributed by atoms with Crippen LogP contribution in [0.15, 0.2) is 35.7 Å². The largest absolute Gasteiger partial charge is 0.340 e. The van der Waals surface area contributed by atoms with Gasteiger partial charge in [0.2, 0.25) is 11.8 Å². The summed E-state index contributed by atoms with van der Waals surface area (Å²) in [6.07, 6.45) is 0.579. The van der Waals surface area contributed by atoms with Crippen molar-refractivity contribution in [1.29, 1.82) is 0 Å². The van der Waals surface area contributed by atoms with Gasteiger partial charge in [0, 0.05) is 63.1 Å². The summed E-state index contributed by atoms with van der Waals surface area (Å²) in [4.78, 5) is 45.9. The summed E-state index contributed by atoms with van der Waals surface area (Å²) >= 11 is 1.67. The van der Waals surface area contributed by atoms with Crippen molar-refractivity contribution in [2.24, 2.45) is 0 Å². The summed E-state index contributed by atoms with van der Waals surface area (Å²) in [5.41, 5.74) is 2.13. The number of amides is 4. The first-order valence-electron chi connectivity index (χ1n) is 10.2. The molecule has 0 saturated carbocycles. The fourth-order valence-electron chi connectivity index (χ4n) is 3.67. The van der Waals surface area contributed by atoms with Crippen LogP contribution < -0.4 is 5.32 Å². The molecule has 2 fully saturated rings. The molecule has 30 heavy (non-hydrogen) atoms. The number of urea groups is 1. The van der Waals surface area contributed by atoms with Gasteiger partial charge >= 0.3 is 6.03 Å². The lowest BCUT2D eigenvalue weighted by atomic mass is 10.2. The fourth-order valence-corrected chi connectivity index (χ4v) is 4.52. The van der Waals surface area contributed by atoms with Crippen molar-refractivity contribution in [2.75, 3.05) is 39.3 Å². The van der Waals surface area contributed by atoms with Crippen LogP contribution in [0.4, 0.5) is 4.79 Å². The van der Waals surface area contributed by atoms with Gasteiger partial charge in [-0.25, -0.2) is 9.78 Å². The summed E-state index contributed by atoms with van der Waals surface area (Å²) in [6, 6.07) is 9.76. The van der Waals surface area contributed by atoms with Crippen LogP contribution in [0.2, 0.25) is 0 Å². The van der Waals surface area contributed by atoms with E-state index in [2.05, 4.69) is 27.7 Å². The smallest absolute Gasteiger partial charge is 0.324 e. The Balaban J connectivity index is 1.21. The van der Waals surface area contributed by atoms with E-state index in [4.69, 9.17) is 4.98 Å². The van der Waals surface area contributed by atoms with Crippen molar-refractivity contribution in [2.45, 2.75) is 19.4 Å². The average molecular weight is 428 g/mol. The van der Waals surface area contributed by atoms with Crippen LogP contribution in [0.5, 0.6) is 0 Å². The van der Waals surface area contributed by atoms with Gasteiger partial charge in [-0.2, -0.15) is 0 Å². The van der Waals surface area contributed by atoms with Crippen molar-refractivity contribution in [3.63, 3.8) is 0 Å². The van der Waals surface area contributed by atoms with Gasteiger partial charge in [-0.05, 0) is 0 Å². The van der Waals surface area contributed by atoms with Crippen LogP contribution in [0.25, 0.3) is 11.3 Å². The van der Waals surface area contributed by atoms with E-state index in [-0.39, 0.29) is 18.2 Å². The standard InChI is InChI=1S/C21H25N5O3S/c27-18-6-8-26(21(29)23-18)9-7-20(28)25-12-10-24(11-13-25)14-19-22-17(15-30-19)16-4-2-1-3-5-16/h1-5,15H,6-14H2,(H,23,27,29). The summed E-state index contributed by atoms with van der Waals surface area (Å²) < 4.78 is 0. The monoisotopic (exact) mass is 427 g/mol. The lowest BCUT2D eigenvalue weighted by Gasteiger charge is -2.35. The molecule has 2 aliphatic heterocycles. The van der Waals surface area contributed by atoms with E-state index in [1.165, 1.54) is 4.90 Å². The molecule has 4 rings (SSSR count). The fraction of sp³-hybridized carbons (Fsp3) is 0.429. The third-order valence-corrected chi connectivity index (χ3v) is 6.28. The van der Waals surface area contributed by atoms with Gasteiger partial charge in [-0.3, -0.25) is 19.8 Å². The topological polar surface area (TPSA) is 85.9 Å². The zero-order valence-corrected chi connectivity index (χ0v) is 17.6. The molecule has 3 heterocycles. The van der Waals surface area contributed by atoms with Crippen molar-refractivity contribution >= 4 is 29.2 Å². The van der Waals surface area contributed by atoms with E-state index in [0.717, 1.165) is 35.9 Å². The minimum atomic E-state index is -0.401. The van der Waals surface area contributed by atoms with E-state index in [0.29, 0.717) is 32.6 Å². The normalized spacial score (nSPS) is 17.9. The number of imide groups is 1. The number of thiazole rings is 1. The molecule has 1 N–H and O–H groups in total. The summed E-state index contributed by atoms with van der Waals surface area (Å²) in [6.45, 7) is 4.50. The number of nitrogens with zero attached hydrogens (tertiary/aromatic N) is 4. The van der Waals surface area contributed by atoms with Crippen LogP contribution in [0.3, 0.4) is 0 Å². The molecule has 4 amide bonds. The first-order valence-corrected chi connectivity index (χ1v) is 11.0. The second-order valence-electron chi connectivity index (χ2n) is 7.49. The number of nitrogens with one attached hydrogen (secondary N) is 1. The van der Waals surface area contributed by atoms with E-state index >= 15 is 0 Å². The van der Waals surface area contributed by atoms with Gasteiger partial charge in [0.05, 0.1) is 12.2 Å². The number of rotatable bonds is 6. The van der Waals surface area contributed by atoms with Crippen LogP contribution in [-0.4, -0.2) is 76.8 Å². The Kier molecular flexibility index (Phi) is 6.39. The molecule has 9 heteroatoms. The maximum atomic E-state index is 12.5. The highest BCUT2D eigenvalue weighted by Crippen LogP contribution is 2.22. The minimum absolute atomic E-state index is 0.0555. The van der Waals surface area contributed by atoms with Gasteiger partial charge in [0.15, 0.2) is 0 Å². The van der Waals surface area contributed by atoms with Gasteiger partial charge in [-0.1, -0.05) is 30.3 Å². The number of hydrogen-bond acceptors (Lipinski definition) is 6. The lowest BCUT2D eigenvalue weighted by molar-refractivity contribution is -0.133. The molecule has 0 radical (unpaired) electrons. The van der Waals surface area contributed by atoms with E-state index < -0.39 is 6.03 Å². The van der Waals surface area contributed by atoms with Crippen molar-refractivity contribution in [1.82, 2.24) is 25.0 Å². The van der Waals surface area contributed by atoms with Crippen LogP contribution in [0.1, 0.15) is 17.8 Å². The predicted octanol–water partition coefficient (Wildman–Crippen LogP) is 1.79. The van der Waals surface area contributed by atoms with Crippen molar-refractivity contribution in [3.05, 3.63) is 40.7 Å². The van der Waals surface area contributed by atoms with Crippen LogP contribution in [0, 0.1) is 0 Å². The molecule has 158 valence electrons. The number of benzene rings is 1. The van der Waals surface area contributed by atoms with E-state index in [9.17, 15) is 14.4 Å². The molecular weight excluding hydrogens is 402 g/mol. The Labute approximate surface area is 179 Å². The molecule has 0 spiro atoms. The molecule has 2 aromatic rings. The third-order valence-electron chi connectivity index (χ3n) is 5.44. The van der Waals surface area contributed by atoms with E-state index in [1.54, 1.807) is 11.3 Å². The average Bonchev–Trinajstić information content (AvgIpc) is 3.22. The maximum Gasteiger partial charge on any atom is 0.324 e. The highest BCUT2D eigenvalue weighted by molar-refractivity contribution is 7.09. The molecule has 0 unspecified atom stereocenters. The van der Waals surface area contributed by atoms with Gasteiger partial charge in [0.25, 0.3) is 0 Å². The summed E-state index contributed by atoms with van der Waals surface area (Å²) in [5.74, 6) is -0.199. The van der Waals surface area contributed by atoms with E-state index in [1.807, 2.05) is 23.1 Å². The van der Waals surface area contributed by atoms with Crippen LogP contribution >= 0.6 is 11.3 Å². The number of hydrogen-bond donors (Lipinski definition) is 1. The van der Waals surface area contributed by atoms with Crippen molar-refractivity contribution in [3.8, 4) is 11.3 Å². The summed E-state index contributed by atoms with van der Waals surface area (Å²) in [7, 11) is 0. The van der Waals surface area contributed by atoms with Gasteiger partial charge in [-0.15, -0.1) is 11.3 Å². The quantitative estimate of drug-likeness (QED) is 0.760. The molecule has 0 aliphatic carbocycles. The van der Waals surface area contributed by atoms with Crippen LogP contribution in [-0.2, 0) is 16.1 Å². The number of carbonyl (C=O) groups is 3. The predicted molar refractivity (Wildman–Crippen MR) is 114 cm³/mol. The Morgan fingerprint density at radius 2 is 1.83 bits per heavy atom. The third kappa shape index (κ3) is 5.03. The highest BCUT2D eigenvalue weighted by Gasteiger charge is 2.26. The maximum absolute atomic E-state index is 12.5. The number of piperazine rings is 1. The van der Waals surface area contributed by atoms with Crippen molar-refractivity contribution < 1.29 is 14.4 Å². The zero-order valence-electron chi connectivity index (χ0n) is 16.7. The molecule has 1 aromatic heterocycles. The SMILES string of the molecule is O=C1CCN(CCC(=O)N2CCN(Cc3nc(-c4ccccc4)cs3)CC2)C(=O)N1. The molecule has 2 saturated heterocycles. The first kappa shape index (κ1) is 20.5. The molecule has 2 aliphatic rings. The Morgan fingerprint density at radius 1 is 1.07 bits per heavy atom. The lowest BCUT2D eigenvalue weighted by Crippen LogP contribution is -2.51. The Bertz CT molecular complexity index is 908. The minimum Gasteiger partial charge on any atom is -0.340 e. The second-order valence-corrected chi connectivity index (χ2v) is 8.43. The summed E-state index contributed by atoms with van der Waals surface area (Å²) in [5, 5.41) is 5.46. The Hall–Kier alpha value is -2.78. The van der Waals surface area contributed by atoms with Gasteiger partial charge in [0.1, 0.15) is 5.01 Å². The second kappa shape index (κ2) is 9.36. The Morgan fingerprint density at radius 3 is 2.57 bits per heavy atom. The number of aromatic nitrogens is 1. The van der Waals surface area contributed by atoms with Gasteiger partial charge < -0.3 is 9.80 Å². The first-order chi connectivity index (χ1) is 14.6. The molecular formula is C21H25N5O3S.